The molecule has 0 aliphatic carbocycles. The van der Waals surface area contributed by atoms with Crippen molar-refractivity contribution in [2.24, 2.45) is 0 Å². The minimum Gasteiger partial charge on any atom is -0.312 e. The molecule has 0 unspecified atom stereocenters. The summed E-state index contributed by atoms with van der Waals surface area (Å²) < 4.78 is 0. The van der Waals surface area contributed by atoms with Gasteiger partial charge in [0.2, 0.25) is 0 Å². The Labute approximate surface area is 90.9 Å². The SMILES string of the molecule is CC(C)(C)NCCC=Cc1cccs1. The van der Waals surface area contributed by atoms with Crippen molar-refractivity contribution < 1.29 is 0 Å². The first-order valence-electron chi connectivity index (χ1n) is 5.03. The molecular formula is C12H19NS. The van der Waals surface area contributed by atoms with E-state index in [1.807, 2.05) is 0 Å². The molecule has 78 valence electrons. The van der Waals surface area contributed by atoms with Crippen molar-refractivity contribution >= 4 is 17.4 Å². The lowest BCUT2D eigenvalue weighted by atomic mass is 10.1. The number of nitrogens with one attached hydrogen (secondary N) is 1. The second-order valence-corrected chi connectivity index (χ2v) is 5.36. The zero-order chi connectivity index (χ0) is 10.4. The molecule has 0 radical (unpaired) electrons. The van der Waals surface area contributed by atoms with Crippen molar-refractivity contribution in [3.63, 3.8) is 0 Å². The quantitative estimate of drug-likeness (QED) is 0.748. The predicted octanol–water partition coefficient (Wildman–Crippen LogP) is 3.54. The van der Waals surface area contributed by atoms with Crippen LogP contribution in [0.25, 0.3) is 6.08 Å². The molecule has 2 heteroatoms. The summed E-state index contributed by atoms with van der Waals surface area (Å²) in [5, 5.41) is 5.56. The zero-order valence-corrected chi connectivity index (χ0v) is 10.0. The Bertz CT molecular complexity index is 267. The van der Waals surface area contributed by atoms with Gasteiger partial charge in [0.05, 0.1) is 0 Å². The minimum atomic E-state index is 0.233. The van der Waals surface area contributed by atoms with Crippen LogP contribution in [0.3, 0.4) is 0 Å². The fourth-order valence-corrected chi connectivity index (χ4v) is 1.76. The van der Waals surface area contributed by atoms with E-state index in [2.05, 4.69) is 55.8 Å². The average molecular weight is 209 g/mol. The Morgan fingerprint density at radius 3 is 2.79 bits per heavy atom. The molecule has 0 bridgehead atoms. The van der Waals surface area contributed by atoms with Gasteiger partial charge in [0.15, 0.2) is 0 Å². The summed E-state index contributed by atoms with van der Waals surface area (Å²) in [5.41, 5.74) is 0.233. The average Bonchev–Trinajstić information content (AvgIpc) is 2.54. The summed E-state index contributed by atoms with van der Waals surface area (Å²) in [6, 6.07) is 4.22. The van der Waals surface area contributed by atoms with Crippen molar-refractivity contribution in [2.75, 3.05) is 6.54 Å². The van der Waals surface area contributed by atoms with Crippen molar-refractivity contribution in [3.8, 4) is 0 Å². The third kappa shape index (κ3) is 5.20. The lowest BCUT2D eigenvalue weighted by molar-refractivity contribution is 0.431. The summed E-state index contributed by atoms with van der Waals surface area (Å²) in [7, 11) is 0. The Hall–Kier alpha value is -0.600. The van der Waals surface area contributed by atoms with Crippen LogP contribution in [0.4, 0.5) is 0 Å². The molecule has 0 aromatic carbocycles. The van der Waals surface area contributed by atoms with Gasteiger partial charge in [-0.1, -0.05) is 12.1 Å². The van der Waals surface area contributed by atoms with Crippen LogP contribution in [0.2, 0.25) is 0 Å². The highest BCUT2D eigenvalue weighted by molar-refractivity contribution is 7.10. The second-order valence-electron chi connectivity index (χ2n) is 4.38. The third-order valence-electron chi connectivity index (χ3n) is 1.79. The van der Waals surface area contributed by atoms with Gasteiger partial charge in [-0.3, -0.25) is 0 Å². The van der Waals surface area contributed by atoms with Gasteiger partial charge in [-0.05, 0) is 51.3 Å². The molecule has 1 N–H and O–H groups in total. The fourth-order valence-electron chi connectivity index (χ4n) is 1.12. The molecule has 0 spiro atoms. The van der Waals surface area contributed by atoms with E-state index >= 15 is 0 Å². The predicted molar refractivity (Wildman–Crippen MR) is 65.7 cm³/mol. The van der Waals surface area contributed by atoms with Gasteiger partial charge in [0, 0.05) is 10.4 Å². The van der Waals surface area contributed by atoms with Crippen LogP contribution in [-0.4, -0.2) is 12.1 Å². The van der Waals surface area contributed by atoms with Gasteiger partial charge >= 0.3 is 0 Å². The highest BCUT2D eigenvalue weighted by atomic mass is 32.1. The van der Waals surface area contributed by atoms with Crippen molar-refractivity contribution in [2.45, 2.75) is 32.7 Å². The monoisotopic (exact) mass is 209 g/mol. The molecule has 1 aromatic rings. The largest absolute Gasteiger partial charge is 0.312 e. The highest BCUT2D eigenvalue weighted by Gasteiger charge is 2.05. The molecule has 1 rings (SSSR count). The molecule has 0 aliphatic rings. The highest BCUT2D eigenvalue weighted by Crippen LogP contribution is 2.10. The summed E-state index contributed by atoms with van der Waals surface area (Å²) in [6.07, 6.45) is 5.51. The fraction of sp³-hybridized carbons (Fsp3) is 0.500. The maximum Gasteiger partial charge on any atom is 0.0267 e. The van der Waals surface area contributed by atoms with Crippen LogP contribution >= 0.6 is 11.3 Å². The van der Waals surface area contributed by atoms with Gasteiger partial charge in [-0.25, -0.2) is 0 Å². The Kier molecular flexibility index (Phi) is 4.36. The van der Waals surface area contributed by atoms with Gasteiger partial charge < -0.3 is 5.32 Å². The molecule has 1 aromatic heterocycles. The summed E-state index contributed by atoms with van der Waals surface area (Å²) in [5.74, 6) is 0. The Morgan fingerprint density at radius 2 is 2.21 bits per heavy atom. The number of hydrogen-bond donors (Lipinski definition) is 1. The summed E-state index contributed by atoms with van der Waals surface area (Å²) in [4.78, 5) is 1.33. The lowest BCUT2D eigenvalue weighted by Gasteiger charge is -2.19. The Morgan fingerprint density at radius 1 is 1.43 bits per heavy atom. The van der Waals surface area contributed by atoms with Crippen LogP contribution in [0.15, 0.2) is 23.6 Å². The first-order valence-corrected chi connectivity index (χ1v) is 5.91. The van der Waals surface area contributed by atoms with Crippen molar-refractivity contribution in [3.05, 3.63) is 28.5 Å². The van der Waals surface area contributed by atoms with E-state index in [-0.39, 0.29) is 5.54 Å². The van der Waals surface area contributed by atoms with Crippen LogP contribution < -0.4 is 5.32 Å². The molecule has 14 heavy (non-hydrogen) atoms. The zero-order valence-electron chi connectivity index (χ0n) is 9.21. The summed E-state index contributed by atoms with van der Waals surface area (Å²) in [6.45, 7) is 7.62. The molecule has 0 fully saturated rings. The van der Waals surface area contributed by atoms with Gasteiger partial charge in [-0.15, -0.1) is 11.3 Å². The Balaban J connectivity index is 2.16. The minimum absolute atomic E-state index is 0.233. The molecule has 0 saturated heterocycles. The molecule has 0 amide bonds. The number of rotatable bonds is 4. The van der Waals surface area contributed by atoms with Crippen LogP contribution in [0.5, 0.6) is 0 Å². The van der Waals surface area contributed by atoms with Crippen molar-refractivity contribution in [1.29, 1.82) is 0 Å². The molecule has 1 heterocycles. The molecule has 0 saturated carbocycles. The van der Waals surface area contributed by atoms with Gasteiger partial charge in [-0.2, -0.15) is 0 Å². The van der Waals surface area contributed by atoms with E-state index in [0.717, 1.165) is 13.0 Å². The van der Waals surface area contributed by atoms with E-state index in [1.54, 1.807) is 11.3 Å². The van der Waals surface area contributed by atoms with E-state index in [1.165, 1.54) is 4.88 Å². The molecular weight excluding hydrogens is 190 g/mol. The van der Waals surface area contributed by atoms with Gasteiger partial charge in [0.25, 0.3) is 0 Å². The van der Waals surface area contributed by atoms with Crippen LogP contribution in [0, 0.1) is 0 Å². The second kappa shape index (κ2) is 5.32. The molecule has 0 atom stereocenters. The van der Waals surface area contributed by atoms with Gasteiger partial charge in [0.1, 0.15) is 0 Å². The normalized spacial score (nSPS) is 12.5. The summed E-state index contributed by atoms with van der Waals surface area (Å²) >= 11 is 1.78. The smallest absolute Gasteiger partial charge is 0.0267 e. The van der Waals surface area contributed by atoms with E-state index in [9.17, 15) is 0 Å². The number of hydrogen-bond acceptors (Lipinski definition) is 2. The molecule has 1 nitrogen and oxygen atoms in total. The maximum atomic E-state index is 3.45. The van der Waals surface area contributed by atoms with Crippen LogP contribution in [-0.2, 0) is 0 Å². The number of thiophene rings is 1. The topological polar surface area (TPSA) is 12.0 Å². The van der Waals surface area contributed by atoms with E-state index < -0.39 is 0 Å². The molecule has 0 aliphatic heterocycles. The first kappa shape index (κ1) is 11.5. The standard InChI is InChI=1S/C12H19NS/c1-12(2,3)13-9-5-4-7-11-8-6-10-14-11/h4,6-8,10,13H,5,9H2,1-3H3. The lowest BCUT2D eigenvalue weighted by Crippen LogP contribution is -2.36. The van der Waals surface area contributed by atoms with E-state index in [0.29, 0.717) is 0 Å². The van der Waals surface area contributed by atoms with E-state index in [4.69, 9.17) is 0 Å². The first-order chi connectivity index (χ1) is 6.58. The van der Waals surface area contributed by atoms with Crippen molar-refractivity contribution in [1.82, 2.24) is 5.32 Å². The maximum absolute atomic E-state index is 3.45. The van der Waals surface area contributed by atoms with Crippen LogP contribution in [0.1, 0.15) is 32.1 Å². The third-order valence-corrected chi connectivity index (χ3v) is 2.63.